The van der Waals surface area contributed by atoms with Crippen LogP contribution >= 0.6 is 22.6 Å². The molecule has 17 heavy (non-hydrogen) atoms. The quantitative estimate of drug-likeness (QED) is 0.670. The second-order valence-corrected chi connectivity index (χ2v) is 4.87. The van der Waals surface area contributed by atoms with Crippen molar-refractivity contribution in [3.05, 3.63) is 20.9 Å². The van der Waals surface area contributed by atoms with Crippen molar-refractivity contribution in [2.45, 2.75) is 19.5 Å². The average Bonchev–Trinajstić information content (AvgIpc) is 2.60. The second kappa shape index (κ2) is 4.11. The summed E-state index contributed by atoms with van der Waals surface area (Å²) in [5.41, 5.74) is -0.234. The van der Waals surface area contributed by atoms with E-state index in [1.54, 1.807) is 0 Å². The lowest BCUT2D eigenvalue weighted by molar-refractivity contribution is -0.141. The first kappa shape index (κ1) is 12.6. The molecule has 1 aromatic heterocycles. The maximum Gasteiger partial charge on any atom is 0.433 e. The van der Waals surface area contributed by atoms with Crippen molar-refractivity contribution in [1.29, 1.82) is 0 Å². The molecule has 2 heterocycles. The maximum atomic E-state index is 12.6. The molecule has 92 valence electrons. The van der Waals surface area contributed by atoms with Gasteiger partial charge in [-0.25, -0.2) is 4.98 Å². The molecule has 3 nitrogen and oxygen atoms in total. The zero-order valence-electron chi connectivity index (χ0n) is 8.81. The van der Waals surface area contributed by atoms with E-state index in [0.29, 0.717) is 22.1 Å². The lowest BCUT2D eigenvalue weighted by Gasteiger charge is -2.15. The molecule has 0 aliphatic carbocycles. The van der Waals surface area contributed by atoms with E-state index in [4.69, 9.17) is 0 Å². The van der Waals surface area contributed by atoms with Crippen molar-refractivity contribution >= 4 is 34.3 Å². The van der Waals surface area contributed by atoms with Gasteiger partial charge < -0.3 is 0 Å². The molecule has 1 aliphatic rings. The Labute approximate surface area is 109 Å². The minimum absolute atomic E-state index is 0.150. The summed E-state index contributed by atoms with van der Waals surface area (Å²) in [7, 11) is 0. The standard InChI is InChI=1S/C10H8F3IN2O/c1-5(17)16-3-2-6-7(14)4-8(10(11,12)13)15-9(6)16/h4H,2-3H2,1H3. The number of carbonyl (C=O) groups excluding carboxylic acids is 1. The number of halogens is 4. The molecule has 0 bridgehead atoms. The third-order valence-corrected chi connectivity index (χ3v) is 3.52. The van der Waals surface area contributed by atoms with Gasteiger partial charge >= 0.3 is 6.18 Å². The number of rotatable bonds is 0. The highest BCUT2D eigenvalue weighted by Crippen LogP contribution is 2.36. The normalized spacial score (nSPS) is 15.0. The van der Waals surface area contributed by atoms with Gasteiger partial charge in [0.25, 0.3) is 0 Å². The third kappa shape index (κ3) is 2.24. The lowest BCUT2D eigenvalue weighted by atomic mass is 10.2. The van der Waals surface area contributed by atoms with Crippen LogP contribution in [0.15, 0.2) is 6.07 Å². The molecule has 0 saturated heterocycles. The van der Waals surface area contributed by atoms with Gasteiger partial charge in [-0.1, -0.05) is 0 Å². The predicted molar refractivity (Wildman–Crippen MR) is 63.7 cm³/mol. The van der Waals surface area contributed by atoms with E-state index >= 15 is 0 Å². The van der Waals surface area contributed by atoms with Crippen molar-refractivity contribution in [2.24, 2.45) is 0 Å². The van der Waals surface area contributed by atoms with Crippen molar-refractivity contribution in [3.8, 4) is 0 Å². The van der Waals surface area contributed by atoms with Gasteiger partial charge in [0, 0.05) is 22.6 Å². The first-order valence-corrected chi connectivity index (χ1v) is 5.93. The predicted octanol–water partition coefficient (Wildman–Crippen LogP) is 2.61. The smallest absolute Gasteiger partial charge is 0.296 e. The first-order valence-electron chi connectivity index (χ1n) is 4.85. The highest BCUT2D eigenvalue weighted by atomic mass is 127. The van der Waals surface area contributed by atoms with Crippen LogP contribution in [-0.4, -0.2) is 17.4 Å². The Bertz CT molecular complexity index is 487. The van der Waals surface area contributed by atoms with Gasteiger partial charge in [-0.3, -0.25) is 9.69 Å². The van der Waals surface area contributed by atoms with E-state index < -0.39 is 11.9 Å². The monoisotopic (exact) mass is 356 g/mol. The van der Waals surface area contributed by atoms with Crippen LogP contribution in [0.2, 0.25) is 0 Å². The second-order valence-electron chi connectivity index (χ2n) is 3.71. The van der Waals surface area contributed by atoms with Crippen LogP contribution in [0.25, 0.3) is 0 Å². The largest absolute Gasteiger partial charge is 0.433 e. The number of fused-ring (bicyclic) bond motifs is 1. The van der Waals surface area contributed by atoms with E-state index in [2.05, 4.69) is 4.98 Å². The number of aromatic nitrogens is 1. The highest BCUT2D eigenvalue weighted by molar-refractivity contribution is 14.1. The van der Waals surface area contributed by atoms with Crippen LogP contribution in [0.1, 0.15) is 18.2 Å². The van der Waals surface area contributed by atoms with Crippen molar-refractivity contribution in [1.82, 2.24) is 4.98 Å². The fourth-order valence-electron chi connectivity index (χ4n) is 1.76. The van der Waals surface area contributed by atoms with Gasteiger partial charge in [0.1, 0.15) is 11.5 Å². The summed E-state index contributed by atoms with van der Waals surface area (Å²) in [5, 5.41) is 0. The van der Waals surface area contributed by atoms with E-state index in [1.807, 2.05) is 22.6 Å². The minimum Gasteiger partial charge on any atom is -0.296 e. The zero-order valence-corrected chi connectivity index (χ0v) is 11.0. The topological polar surface area (TPSA) is 33.2 Å². The summed E-state index contributed by atoms with van der Waals surface area (Å²) in [6.07, 6.45) is -3.93. The van der Waals surface area contributed by atoms with Crippen molar-refractivity contribution in [3.63, 3.8) is 0 Å². The minimum atomic E-state index is -4.49. The lowest BCUT2D eigenvalue weighted by Crippen LogP contribution is -2.27. The summed E-state index contributed by atoms with van der Waals surface area (Å²) in [4.78, 5) is 16.1. The summed E-state index contributed by atoms with van der Waals surface area (Å²) < 4.78 is 38.3. The Morgan fingerprint density at radius 2 is 2.18 bits per heavy atom. The molecule has 0 N–H and O–H groups in total. The summed E-state index contributed by atoms with van der Waals surface area (Å²) >= 11 is 1.85. The van der Waals surface area contributed by atoms with Crippen molar-refractivity contribution < 1.29 is 18.0 Å². The number of nitrogens with zero attached hydrogens (tertiary/aromatic N) is 2. The molecule has 0 fully saturated rings. The van der Waals surface area contributed by atoms with Gasteiger partial charge in [-0.15, -0.1) is 0 Å². The Morgan fingerprint density at radius 3 is 2.71 bits per heavy atom. The number of hydrogen-bond donors (Lipinski definition) is 0. The molecule has 2 rings (SSSR count). The summed E-state index contributed by atoms with van der Waals surface area (Å²) in [6, 6.07) is 1.02. The van der Waals surface area contributed by atoms with Gasteiger partial charge in [-0.05, 0) is 35.1 Å². The Balaban J connectivity index is 2.56. The molecular weight excluding hydrogens is 348 g/mol. The molecular formula is C10H8F3IN2O. The van der Waals surface area contributed by atoms with Crippen LogP contribution in [0.4, 0.5) is 19.0 Å². The number of carbonyl (C=O) groups is 1. The number of anilines is 1. The molecule has 1 aromatic rings. The molecule has 7 heteroatoms. The highest BCUT2D eigenvalue weighted by Gasteiger charge is 2.36. The van der Waals surface area contributed by atoms with Crippen molar-refractivity contribution in [2.75, 3.05) is 11.4 Å². The average molecular weight is 356 g/mol. The molecule has 0 radical (unpaired) electrons. The molecule has 0 aromatic carbocycles. The van der Waals surface area contributed by atoms with Gasteiger partial charge in [-0.2, -0.15) is 13.2 Å². The van der Waals surface area contributed by atoms with E-state index in [-0.39, 0.29) is 11.7 Å². The van der Waals surface area contributed by atoms with Gasteiger partial charge in [0.15, 0.2) is 0 Å². The summed E-state index contributed by atoms with van der Waals surface area (Å²) in [5.74, 6) is -0.136. The molecule has 1 aliphatic heterocycles. The summed E-state index contributed by atoms with van der Waals surface area (Å²) in [6.45, 7) is 1.72. The number of amides is 1. The van der Waals surface area contributed by atoms with E-state index in [0.717, 1.165) is 6.07 Å². The molecule has 1 amide bonds. The van der Waals surface area contributed by atoms with Crippen LogP contribution < -0.4 is 4.90 Å². The van der Waals surface area contributed by atoms with E-state index in [1.165, 1.54) is 11.8 Å². The van der Waals surface area contributed by atoms with Crippen LogP contribution in [-0.2, 0) is 17.4 Å². The van der Waals surface area contributed by atoms with Crippen LogP contribution in [0.5, 0.6) is 0 Å². The molecule has 0 unspecified atom stereocenters. The first-order chi connectivity index (χ1) is 7.80. The SMILES string of the molecule is CC(=O)N1CCc2c(I)cc(C(F)(F)F)nc21. The fourth-order valence-corrected chi connectivity index (χ4v) is 2.57. The van der Waals surface area contributed by atoms with Gasteiger partial charge in [0.05, 0.1) is 0 Å². The third-order valence-electron chi connectivity index (χ3n) is 2.56. The van der Waals surface area contributed by atoms with Crippen LogP contribution in [0, 0.1) is 3.57 Å². The Kier molecular flexibility index (Phi) is 3.04. The maximum absolute atomic E-state index is 12.6. The number of alkyl halides is 3. The molecule has 0 saturated carbocycles. The molecule has 0 spiro atoms. The number of pyridine rings is 1. The van der Waals surface area contributed by atoms with Crippen LogP contribution in [0.3, 0.4) is 0 Å². The fraction of sp³-hybridized carbons (Fsp3) is 0.400. The van der Waals surface area contributed by atoms with E-state index in [9.17, 15) is 18.0 Å². The Hall–Kier alpha value is -0.860. The molecule has 0 atom stereocenters. The Morgan fingerprint density at radius 1 is 1.53 bits per heavy atom. The number of hydrogen-bond acceptors (Lipinski definition) is 2. The van der Waals surface area contributed by atoms with Gasteiger partial charge in [0.2, 0.25) is 5.91 Å². The zero-order chi connectivity index (χ0) is 12.8.